The van der Waals surface area contributed by atoms with Crippen LogP contribution >= 0.6 is 0 Å². The second kappa shape index (κ2) is 7.45. The number of fused-ring (bicyclic) bond motifs is 1. The predicted octanol–water partition coefficient (Wildman–Crippen LogP) is 1.86. The zero-order valence-corrected chi connectivity index (χ0v) is 15.2. The Morgan fingerprint density at radius 2 is 2.23 bits per heavy atom. The monoisotopic (exact) mass is 355 g/mol. The van der Waals surface area contributed by atoms with Gasteiger partial charge in [-0.3, -0.25) is 14.4 Å². The number of hydrogen-bond acceptors (Lipinski definition) is 5. The van der Waals surface area contributed by atoms with Crippen molar-refractivity contribution < 1.29 is 9.53 Å². The van der Waals surface area contributed by atoms with Crippen LogP contribution in [-0.2, 0) is 17.9 Å². The number of aromatic nitrogens is 3. The zero-order chi connectivity index (χ0) is 17.9. The molecule has 2 aromatic rings. The van der Waals surface area contributed by atoms with Gasteiger partial charge in [0.25, 0.3) is 0 Å². The van der Waals surface area contributed by atoms with Crippen molar-refractivity contribution in [2.45, 2.75) is 38.4 Å². The summed E-state index contributed by atoms with van der Waals surface area (Å²) in [6.07, 6.45) is 6.25. The molecule has 1 saturated heterocycles. The van der Waals surface area contributed by atoms with Crippen molar-refractivity contribution in [3.05, 3.63) is 41.9 Å². The van der Waals surface area contributed by atoms with Gasteiger partial charge in [-0.1, -0.05) is 6.07 Å². The molecule has 2 aliphatic rings. The van der Waals surface area contributed by atoms with Gasteiger partial charge in [-0.05, 0) is 25.0 Å². The smallest absolute Gasteiger partial charge is 0.222 e. The molecule has 0 spiro atoms. The third-order valence-corrected chi connectivity index (χ3v) is 5.29. The van der Waals surface area contributed by atoms with Crippen molar-refractivity contribution in [3.63, 3.8) is 0 Å². The summed E-state index contributed by atoms with van der Waals surface area (Å²) in [6, 6.07) is 6.38. The number of carbonyl (C=O) groups excluding carboxylic acids is 1. The van der Waals surface area contributed by atoms with E-state index in [0.717, 1.165) is 51.1 Å². The van der Waals surface area contributed by atoms with E-state index >= 15 is 0 Å². The van der Waals surface area contributed by atoms with Gasteiger partial charge in [0.05, 0.1) is 18.8 Å². The summed E-state index contributed by atoms with van der Waals surface area (Å²) < 4.78 is 7.53. The van der Waals surface area contributed by atoms with Gasteiger partial charge in [-0.25, -0.2) is 4.98 Å². The van der Waals surface area contributed by atoms with Crippen LogP contribution in [0.1, 0.15) is 36.6 Å². The molecule has 2 aliphatic heterocycles. The highest BCUT2D eigenvalue weighted by Crippen LogP contribution is 2.26. The lowest BCUT2D eigenvalue weighted by Gasteiger charge is -2.34. The van der Waals surface area contributed by atoms with Crippen LogP contribution in [0.3, 0.4) is 0 Å². The Bertz CT molecular complexity index is 775. The molecule has 26 heavy (non-hydrogen) atoms. The summed E-state index contributed by atoms with van der Waals surface area (Å²) in [5, 5.41) is 4.53. The van der Waals surface area contributed by atoms with Crippen molar-refractivity contribution in [2.75, 3.05) is 26.7 Å². The van der Waals surface area contributed by atoms with E-state index in [1.165, 1.54) is 5.69 Å². The highest BCUT2D eigenvalue weighted by molar-refractivity contribution is 5.77. The van der Waals surface area contributed by atoms with E-state index in [9.17, 15) is 4.79 Å². The highest BCUT2D eigenvalue weighted by Gasteiger charge is 2.28. The number of carbonyl (C=O) groups is 1. The van der Waals surface area contributed by atoms with E-state index in [4.69, 9.17) is 4.74 Å². The molecule has 0 bridgehead atoms. The first-order chi connectivity index (χ1) is 12.7. The molecule has 4 heterocycles. The lowest BCUT2D eigenvalue weighted by atomic mass is 10.1. The molecular formula is C19H25N5O2. The SMILES string of the molecule is COc1ncccc1CN1Cc2ccnn2C(CCN2CCCC2=O)C1. The third kappa shape index (κ3) is 3.44. The van der Waals surface area contributed by atoms with Crippen LogP contribution in [0, 0.1) is 0 Å². The molecule has 0 aliphatic carbocycles. The van der Waals surface area contributed by atoms with Gasteiger partial charge >= 0.3 is 0 Å². The number of methoxy groups -OCH3 is 1. The van der Waals surface area contributed by atoms with Crippen molar-refractivity contribution in [1.82, 2.24) is 24.6 Å². The average molecular weight is 355 g/mol. The quantitative estimate of drug-likeness (QED) is 0.791. The molecular weight excluding hydrogens is 330 g/mol. The number of ether oxygens (including phenoxy) is 1. The van der Waals surface area contributed by atoms with E-state index in [1.807, 2.05) is 17.2 Å². The molecule has 7 heteroatoms. The number of pyridine rings is 1. The van der Waals surface area contributed by atoms with Crippen LogP contribution in [0.15, 0.2) is 30.6 Å². The number of hydrogen-bond donors (Lipinski definition) is 0. The minimum atomic E-state index is 0.282. The van der Waals surface area contributed by atoms with Crippen LogP contribution in [0.25, 0.3) is 0 Å². The van der Waals surface area contributed by atoms with E-state index in [1.54, 1.807) is 13.3 Å². The van der Waals surface area contributed by atoms with E-state index in [2.05, 4.69) is 31.8 Å². The third-order valence-electron chi connectivity index (χ3n) is 5.29. The van der Waals surface area contributed by atoms with Gasteiger partial charge in [0, 0.05) is 57.1 Å². The van der Waals surface area contributed by atoms with Crippen molar-refractivity contribution in [2.24, 2.45) is 0 Å². The molecule has 2 aromatic heterocycles. The van der Waals surface area contributed by atoms with E-state index < -0.39 is 0 Å². The zero-order valence-electron chi connectivity index (χ0n) is 15.2. The van der Waals surface area contributed by atoms with E-state index in [0.29, 0.717) is 18.2 Å². The number of likely N-dealkylation sites (tertiary alicyclic amines) is 1. The van der Waals surface area contributed by atoms with Gasteiger partial charge in [-0.2, -0.15) is 5.10 Å². The van der Waals surface area contributed by atoms with Crippen molar-refractivity contribution in [3.8, 4) is 5.88 Å². The van der Waals surface area contributed by atoms with Crippen LogP contribution in [0.4, 0.5) is 0 Å². The maximum absolute atomic E-state index is 11.9. The summed E-state index contributed by atoms with van der Waals surface area (Å²) in [6.45, 7) is 4.27. The molecule has 7 nitrogen and oxygen atoms in total. The fourth-order valence-corrected chi connectivity index (χ4v) is 4.01. The maximum atomic E-state index is 11.9. The normalized spacial score (nSPS) is 20.4. The number of rotatable bonds is 6. The first kappa shape index (κ1) is 17.0. The molecule has 138 valence electrons. The van der Waals surface area contributed by atoms with Gasteiger partial charge in [0.15, 0.2) is 0 Å². The number of amides is 1. The molecule has 1 atom stereocenters. The summed E-state index contributed by atoms with van der Waals surface area (Å²) in [5.41, 5.74) is 2.31. The van der Waals surface area contributed by atoms with Crippen LogP contribution in [-0.4, -0.2) is 57.2 Å². The van der Waals surface area contributed by atoms with Crippen molar-refractivity contribution in [1.29, 1.82) is 0 Å². The maximum Gasteiger partial charge on any atom is 0.222 e. The molecule has 0 N–H and O–H groups in total. The molecule has 1 fully saturated rings. The fraction of sp³-hybridized carbons (Fsp3) is 0.526. The van der Waals surface area contributed by atoms with Crippen LogP contribution in [0.5, 0.6) is 5.88 Å². The van der Waals surface area contributed by atoms with Crippen LogP contribution in [0.2, 0.25) is 0 Å². The largest absolute Gasteiger partial charge is 0.481 e. The Hall–Kier alpha value is -2.41. The van der Waals surface area contributed by atoms with E-state index in [-0.39, 0.29) is 6.04 Å². The minimum absolute atomic E-state index is 0.282. The lowest BCUT2D eigenvalue weighted by molar-refractivity contribution is -0.127. The van der Waals surface area contributed by atoms with Gasteiger partial charge in [-0.15, -0.1) is 0 Å². The molecule has 0 radical (unpaired) electrons. The second-order valence-electron chi connectivity index (χ2n) is 7.04. The Balaban J connectivity index is 1.46. The first-order valence-electron chi connectivity index (χ1n) is 9.25. The van der Waals surface area contributed by atoms with Crippen LogP contribution < -0.4 is 4.74 Å². The Labute approximate surface area is 153 Å². The van der Waals surface area contributed by atoms with Gasteiger partial charge < -0.3 is 9.64 Å². The molecule has 1 unspecified atom stereocenters. The Kier molecular flexibility index (Phi) is 4.88. The first-order valence-corrected chi connectivity index (χ1v) is 9.25. The second-order valence-corrected chi connectivity index (χ2v) is 7.04. The molecule has 1 amide bonds. The molecule has 4 rings (SSSR count). The summed E-state index contributed by atoms with van der Waals surface area (Å²) in [5.74, 6) is 0.976. The Morgan fingerprint density at radius 1 is 1.31 bits per heavy atom. The summed E-state index contributed by atoms with van der Waals surface area (Å²) in [4.78, 5) is 20.6. The number of nitrogens with zero attached hydrogens (tertiary/aromatic N) is 5. The van der Waals surface area contributed by atoms with Gasteiger partial charge in [0.1, 0.15) is 0 Å². The summed E-state index contributed by atoms with van der Waals surface area (Å²) in [7, 11) is 1.66. The topological polar surface area (TPSA) is 63.5 Å². The fourth-order valence-electron chi connectivity index (χ4n) is 4.01. The van der Waals surface area contributed by atoms with Gasteiger partial charge in [0.2, 0.25) is 11.8 Å². The highest BCUT2D eigenvalue weighted by atomic mass is 16.5. The predicted molar refractivity (Wildman–Crippen MR) is 96.6 cm³/mol. The molecule has 0 aromatic carbocycles. The minimum Gasteiger partial charge on any atom is -0.481 e. The lowest BCUT2D eigenvalue weighted by Crippen LogP contribution is -2.39. The summed E-state index contributed by atoms with van der Waals surface area (Å²) >= 11 is 0. The Morgan fingerprint density at radius 3 is 3.04 bits per heavy atom. The average Bonchev–Trinajstić information content (AvgIpc) is 3.29. The molecule has 0 saturated carbocycles. The van der Waals surface area contributed by atoms with Crippen molar-refractivity contribution >= 4 is 5.91 Å². The standard InChI is InChI=1S/C19H25N5O2/c1-26-19-15(4-2-8-20-19)12-22-13-16-6-9-21-24(16)17(14-22)7-11-23-10-3-5-18(23)25/h2,4,6,8-9,17H,3,5,7,10-14H2,1H3.